The van der Waals surface area contributed by atoms with E-state index in [-0.39, 0.29) is 5.43 Å². The summed E-state index contributed by atoms with van der Waals surface area (Å²) in [6.07, 6.45) is 4.28. The van der Waals surface area contributed by atoms with Gasteiger partial charge in [-0.15, -0.1) is 0 Å². The number of nitrogens with zero attached hydrogens (tertiary/aromatic N) is 1. The maximum atomic E-state index is 12.2. The molecule has 2 rings (SSSR count). The van der Waals surface area contributed by atoms with E-state index in [0.717, 1.165) is 36.3 Å². The second kappa shape index (κ2) is 7.41. The first-order valence-electron chi connectivity index (χ1n) is 8.04. The van der Waals surface area contributed by atoms with Crippen LogP contribution < -0.4 is 10.7 Å². The summed E-state index contributed by atoms with van der Waals surface area (Å²) in [7, 11) is 0. The molecule has 0 saturated carbocycles. The topological polar surface area (TPSA) is 34.0 Å². The molecule has 118 valence electrons. The molecule has 0 aliphatic heterocycles. The highest BCUT2D eigenvalue weighted by Crippen LogP contribution is 2.19. The first-order valence-corrected chi connectivity index (χ1v) is 8.04. The Bertz CT molecular complexity index is 701. The molecule has 0 aliphatic rings. The zero-order chi connectivity index (χ0) is 16.1. The third-order valence-electron chi connectivity index (χ3n) is 4.18. The van der Waals surface area contributed by atoms with Crippen LogP contribution in [0.3, 0.4) is 0 Å². The summed E-state index contributed by atoms with van der Waals surface area (Å²) in [5.41, 5.74) is 5.56. The van der Waals surface area contributed by atoms with Gasteiger partial charge in [0.2, 0.25) is 0 Å². The van der Waals surface area contributed by atoms with Gasteiger partial charge in [-0.2, -0.15) is 0 Å². The second-order valence-corrected chi connectivity index (χ2v) is 5.92. The average molecular weight is 298 g/mol. The van der Waals surface area contributed by atoms with Gasteiger partial charge in [-0.25, -0.2) is 0 Å². The highest BCUT2D eigenvalue weighted by molar-refractivity contribution is 5.46. The molecule has 0 amide bonds. The van der Waals surface area contributed by atoms with E-state index in [1.54, 1.807) is 6.07 Å². The van der Waals surface area contributed by atoms with Crippen LogP contribution in [-0.4, -0.2) is 11.1 Å². The largest absolute Gasteiger partial charge is 0.320 e. The Morgan fingerprint density at radius 1 is 1.18 bits per heavy atom. The molecule has 2 aromatic rings. The van der Waals surface area contributed by atoms with Crippen molar-refractivity contribution >= 4 is 0 Å². The van der Waals surface area contributed by atoms with Crippen LogP contribution in [-0.2, 0) is 6.54 Å². The number of pyridine rings is 1. The number of hydrogen-bond donors (Lipinski definition) is 1. The minimum Gasteiger partial charge on any atom is -0.320 e. The van der Waals surface area contributed by atoms with Crippen molar-refractivity contribution < 1.29 is 0 Å². The van der Waals surface area contributed by atoms with Crippen molar-refractivity contribution in [3.05, 3.63) is 63.1 Å². The first kappa shape index (κ1) is 16.5. The van der Waals surface area contributed by atoms with Crippen LogP contribution >= 0.6 is 0 Å². The minimum atomic E-state index is 0.114. The molecule has 0 atom stereocenters. The van der Waals surface area contributed by atoms with Gasteiger partial charge in [0.1, 0.15) is 0 Å². The molecule has 0 spiro atoms. The standard InChI is InChI=1S/C19H26N2O/c1-5-6-10-20-12-17-13-21(15(3)11-19(17)22)18-9-7-8-14(2)16(18)4/h7-9,11,13,20H,5-6,10,12H2,1-4H3. The predicted octanol–water partition coefficient (Wildman–Crippen LogP) is 3.65. The summed E-state index contributed by atoms with van der Waals surface area (Å²) < 4.78 is 2.13. The number of aryl methyl sites for hydroxylation is 2. The van der Waals surface area contributed by atoms with Gasteiger partial charge in [0.15, 0.2) is 5.43 Å². The van der Waals surface area contributed by atoms with Crippen molar-refractivity contribution in [2.75, 3.05) is 6.54 Å². The Hall–Kier alpha value is -1.87. The molecule has 0 unspecified atom stereocenters. The van der Waals surface area contributed by atoms with Gasteiger partial charge in [0.25, 0.3) is 0 Å². The molecule has 0 aliphatic carbocycles. The van der Waals surface area contributed by atoms with Crippen LogP contribution in [0, 0.1) is 20.8 Å². The van der Waals surface area contributed by atoms with Crippen molar-refractivity contribution in [3.8, 4) is 5.69 Å². The molecule has 0 fully saturated rings. The molecule has 1 aromatic heterocycles. The minimum absolute atomic E-state index is 0.114. The van der Waals surface area contributed by atoms with E-state index in [4.69, 9.17) is 0 Å². The Balaban J connectivity index is 2.36. The summed E-state index contributed by atoms with van der Waals surface area (Å²) in [6.45, 7) is 9.97. The summed E-state index contributed by atoms with van der Waals surface area (Å²) in [5.74, 6) is 0. The summed E-state index contributed by atoms with van der Waals surface area (Å²) in [4.78, 5) is 12.2. The van der Waals surface area contributed by atoms with Gasteiger partial charge in [-0.05, 0) is 50.9 Å². The molecular formula is C19H26N2O. The molecule has 3 nitrogen and oxygen atoms in total. The van der Waals surface area contributed by atoms with Crippen molar-refractivity contribution in [3.63, 3.8) is 0 Å². The Labute approximate surface area is 133 Å². The average Bonchev–Trinajstić information content (AvgIpc) is 2.49. The third-order valence-corrected chi connectivity index (χ3v) is 4.18. The smallest absolute Gasteiger partial charge is 0.186 e. The highest BCUT2D eigenvalue weighted by Gasteiger charge is 2.08. The lowest BCUT2D eigenvalue weighted by atomic mass is 10.1. The maximum Gasteiger partial charge on any atom is 0.186 e. The van der Waals surface area contributed by atoms with Crippen LogP contribution in [0.5, 0.6) is 0 Å². The number of unbranched alkanes of at least 4 members (excludes halogenated alkanes) is 1. The second-order valence-electron chi connectivity index (χ2n) is 5.92. The Morgan fingerprint density at radius 2 is 1.95 bits per heavy atom. The Kier molecular flexibility index (Phi) is 5.56. The van der Waals surface area contributed by atoms with Crippen molar-refractivity contribution in [1.82, 2.24) is 9.88 Å². The van der Waals surface area contributed by atoms with Crippen molar-refractivity contribution in [2.24, 2.45) is 0 Å². The normalized spacial score (nSPS) is 10.9. The first-order chi connectivity index (χ1) is 10.5. The molecule has 0 radical (unpaired) electrons. The van der Waals surface area contributed by atoms with Crippen LogP contribution in [0.4, 0.5) is 0 Å². The maximum absolute atomic E-state index is 12.2. The van der Waals surface area contributed by atoms with E-state index in [0.29, 0.717) is 6.54 Å². The zero-order valence-corrected chi connectivity index (χ0v) is 14.1. The number of aromatic nitrogens is 1. The van der Waals surface area contributed by atoms with Crippen molar-refractivity contribution in [2.45, 2.75) is 47.1 Å². The number of nitrogens with one attached hydrogen (secondary N) is 1. The van der Waals surface area contributed by atoms with Gasteiger partial charge in [-0.1, -0.05) is 25.5 Å². The fourth-order valence-electron chi connectivity index (χ4n) is 2.59. The molecule has 1 heterocycles. The van der Waals surface area contributed by atoms with Crippen LogP contribution in [0.1, 0.15) is 42.1 Å². The van der Waals surface area contributed by atoms with Gasteiger partial charge in [0.05, 0.1) is 0 Å². The van der Waals surface area contributed by atoms with E-state index < -0.39 is 0 Å². The number of hydrogen-bond acceptors (Lipinski definition) is 2. The van der Waals surface area contributed by atoms with Crippen LogP contribution in [0.2, 0.25) is 0 Å². The fraction of sp³-hybridized carbons (Fsp3) is 0.421. The van der Waals surface area contributed by atoms with E-state index in [1.165, 1.54) is 11.1 Å². The van der Waals surface area contributed by atoms with Crippen molar-refractivity contribution in [1.29, 1.82) is 0 Å². The molecule has 0 saturated heterocycles. The zero-order valence-electron chi connectivity index (χ0n) is 14.1. The predicted molar refractivity (Wildman–Crippen MR) is 92.9 cm³/mol. The molecule has 1 N–H and O–H groups in total. The van der Waals surface area contributed by atoms with E-state index in [1.807, 2.05) is 13.1 Å². The molecule has 3 heteroatoms. The third kappa shape index (κ3) is 3.66. The van der Waals surface area contributed by atoms with Gasteiger partial charge in [0, 0.05) is 35.8 Å². The summed E-state index contributed by atoms with van der Waals surface area (Å²) >= 11 is 0. The monoisotopic (exact) mass is 298 g/mol. The molecule has 0 bridgehead atoms. The summed E-state index contributed by atoms with van der Waals surface area (Å²) in [5, 5.41) is 3.35. The lowest BCUT2D eigenvalue weighted by molar-refractivity contribution is 0.637. The van der Waals surface area contributed by atoms with Gasteiger partial charge in [-0.3, -0.25) is 4.79 Å². The fourth-order valence-corrected chi connectivity index (χ4v) is 2.59. The molecular weight excluding hydrogens is 272 g/mol. The van der Waals surface area contributed by atoms with Gasteiger partial charge >= 0.3 is 0 Å². The van der Waals surface area contributed by atoms with E-state index in [9.17, 15) is 4.79 Å². The van der Waals surface area contributed by atoms with Crippen LogP contribution in [0.25, 0.3) is 5.69 Å². The number of rotatable bonds is 6. The lowest BCUT2D eigenvalue weighted by Gasteiger charge is -2.16. The van der Waals surface area contributed by atoms with E-state index in [2.05, 4.69) is 48.9 Å². The van der Waals surface area contributed by atoms with E-state index >= 15 is 0 Å². The number of benzene rings is 1. The Morgan fingerprint density at radius 3 is 2.68 bits per heavy atom. The SMILES string of the molecule is CCCCNCc1cn(-c2cccc(C)c2C)c(C)cc1=O. The quantitative estimate of drug-likeness (QED) is 0.826. The highest BCUT2D eigenvalue weighted by atomic mass is 16.1. The lowest BCUT2D eigenvalue weighted by Crippen LogP contribution is -2.22. The molecule has 1 aromatic carbocycles. The summed E-state index contributed by atoms with van der Waals surface area (Å²) in [6, 6.07) is 8.02. The molecule has 22 heavy (non-hydrogen) atoms. The van der Waals surface area contributed by atoms with Crippen LogP contribution in [0.15, 0.2) is 35.3 Å². The van der Waals surface area contributed by atoms with Gasteiger partial charge < -0.3 is 9.88 Å².